The third-order valence-corrected chi connectivity index (χ3v) is 8.05. The maximum Gasteiger partial charge on any atom is 0.160 e. The first kappa shape index (κ1) is 17.7. The van der Waals surface area contributed by atoms with Gasteiger partial charge < -0.3 is 4.74 Å². The molecule has 4 aliphatic carbocycles. The minimum Gasteiger partial charge on any atom is -0.379 e. The van der Waals surface area contributed by atoms with E-state index in [0.29, 0.717) is 29.5 Å². The van der Waals surface area contributed by atoms with Crippen LogP contribution in [0.5, 0.6) is 0 Å². The van der Waals surface area contributed by atoms with Gasteiger partial charge in [0.15, 0.2) is 11.6 Å². The lowest BCUT2D eigenvalue weighted by atomic mass is 9.39. The van der Waals surface area contributed by atoms with Gasteiger partial charge in [-0.25, -0.2) is 0 Å². The van der Waals surface area contributed by atoms with Crippen molar-refractivity contribution in [1.29, 1.82) is 0 Å². The summed E-state index contributed by atoms with van der Waals surface area (Å²) >= 11 is 0. The number of hydrogen-bond acceptors (Lipinski definition) is 3. The Bertz CT molecular complexity index is 505. The second-order valence-corrected chi connectivity index (χ2v) is 9.12. The van der Waals surface area contributed by atoms with Gasteiger partial charge in [0.1, 0.15) is 0 Å². The highest BCUT2D eigenvalue weighted by Gasteiger charge is 2.73. The Hall–Kier alpha value is -0.700. The summed E-state index contributed by atoms with van der Waals surface area (Å²) in [6.45, 7) is 2.86. The van der Waals surface area contributed by atoms with Gasteiger partial charge in [0.2, 0.25) is 0 Å². The lowest BCUT2D eigenvalue weighted by Crippen LogP contribution is -2.71. The maximum absolute atomic E-state index is 13.5. The number of ketones is 2. The van der Waals surface area contributed by atoms with Gasteiger partial charge in [-0.05, 0) is 70.1 Å². The molecule has 0 aromatic rings. The third kappa shape index (κ3) is 2.56. The molecule has 4 aliphatic rings. The number of carbonyl (C=O) groups excluding carboxylic acids is 2. The molecule has 0 aliphatic heterocycles. The molecular weight excluding hydrogens is 312 g/mol. The zero-order valence-electron chi connectivity index (χ0n) is 15.9. The monoisotopic (exact) mass is 346 g/mol. The van der Waals surface area contributed by atoms with Gasteiger partial charge in [-0.1, -0.05) is 32.1 Å². The first-order valence-corrected chi connectivity index (χ1v) is 10.9. The van der Waals surface area contributed by atoms with Crippen molar-refractivity contribution in [2.75, 3.05) is 6.61 Å². The van der Waals surface area contributed by atoms with E-state index in [2.05, 4.69) is 6.92 Å². The highest BCUT2D eigenvalue weighted by atomic mass is 16.5. The van der Waals surface area contributed by atoms with Crippen molar-refractivity contribution < 1.29 is 14.3 Å². The second kappa shape index (κ2) is 6.79. The molecule has 140 valence electrons. The van der Waals surface area contributed by atoms with Gasteiger partial charge in [-0.3, -0.25) is 9.59 Å². The van der Waals surface area contributed by atoms with E-state index in [1.165, 1.54) is 12.8 Å². The summed E-state index contributed by atoms with van der Waals surface area (Å²) in [6, 6.07) is 0. The molecule has 0 amide bonds. The first-order chi connectivity index (χ1) is 12.1. The predicted octanol–water partition coefficient (Wildman–Crippen LogP) is 4.86. The highest BCUT2D eigenvalue weighted by molar-refractivity contribution is 6.31. The molecule has 0 N–H and O–H groups in total. The summed E-state index contributed by atoms with van der Waals surface area (Å²) in [5, 5.41) is 0. The average Bonchev–Trinajstić information content (AvgIpc) is 2.68. The van der Waals surface area contributed by atoms with Gasteiger partial charge in [0.25, 0.3) is 0 Å². The van der Waals surface area contributed by atoms with Crippen LogP contribution in [0.2, 0.25) is 0 Å². The van der Waals surface area contributed by atoms with Crippen LogP contribution in [-0.4, -0.2) is 24.3 Å². The van der Waals surface area contributed by atoms with Crippen LogP contribution >= 0.6 is 0 Å². The first-order valence-electron chi connectivity index (χ1n) is 10.9. The van der Waals surface area contributed by atoms with Crippen LogP contribution in [0.4, 0.5) is 0 Å². The summed E-state index contributed by atoms with van der Waals surface area (Å²) in [7, 11) is 0. The molecule has 1 atom stereocenters. The Labute approximate surface area is 152 Å². The standard InChI is InChI=1S/C22H34O3/c1-2-25-17-11-9-16(10-12-17)18-8-4-7-15-22(18)19(23)21(20(22)24)13-5-3-6-14-21/h16-18H,2-15H2,1H3/t16-,17-,18?. The molecule has 4 saturated carbocycles. The topological polar surface area (TPSA) is 43.4 Å². The van der Waals surface area contributed by atoms with Crippen LogP contribution in [0.3, 0.4) is 0 Å². The number of rotatable bonds is 3. The van der Waals surface area contributed by atoms with Gasteiger partial charge in [-0.2, -0.15) is 0 Å². The van der Waals surface area contributed by atoms with Crippen LogP contribution in [0.1, 0.15) is 90.4 Å². The maximum atomic E-state index is 13.5. The molecule has 2 spiro atoms. The third-order valence-electron chi connectivity index (χ3n) is 8.05. The molecule has 0 heterocycles. The van der Waals surface area contributed by atoms with E-state index in [4.69, 9.17) is 4.74 Å². The summed E-state index contributed by atoms with van der Waals surface area (Å²) < 4.78 is 5.81. The fraction of sp³-hybridized carbons (Fsp3) is 0.909. The minimum atomic E-state index is -0.571. The predicted molar refractivity (Wildman–Crippen MR) is 97.3 cm³/mol. The summed E-state index contributed by atoms with van der Waals surface area (Å²) in [6.07, 6.45) is 14.1. The zero-order chi connectivity index (χ0) is 17.5. The van der Waals surface area contributed by atoms with E-state index in [1.807, 2.05) is 0 Å². The molecular formula is C22H34O3. The van der Waals surface area contributed by atoms with Crippen molar-refractivity contribution in [3.8, 4) is 0 Å². The largest absolute Gasteiger partial charge is 0.379 e. The van der Waals surface area contributed by atoms with Crippen molar-refractivity contribution in [2.45, 2.75) is 96.5 Å². The van der Waals surface area contributed by atoms with E-state index < -0.39 is 10.8 Å². The molecule has 0 saturated heterocycles. The van der Waals surface area contributed by atoms with Crippen molar-refractivity contribution in [1.82, 2.24) is 0 Å². The molecule has 1 unspecified atom stereocenters. The summed E-state index contributed by atoms with van der Waals surface area (Å²) in [4.78, 5) is 27.0. The SMILES string of the molecule is CCO[C@H]1CC[C@H](C2CCCCC23C(=O)C2(CCCCC2)C3=O)CC1. The normalized spacial score (nSPS) is 37.2. The quantitative estimate of drug-likeness (QED) is 0.685. The van der Waals surface area contributed by atoms with Crippen LogP contribution < -0.4 is 0 Å². The fourth-order valence-electron chi connectivity index (χ4n) is 6.90. The summed E-state index contributed by atoms with van der Waals surface area (Å²) in [5.41, 5.74) is -1.12. The van der Waals surface area contributed by atoms with Crippen molar-refractivity contribution in [3.05, 3.63) is 0 Å². The lowest BCUT2D eigenvalue weighted by molar-refractivity contribution is -0.185. The van der Waals surface area contributed by atoms with Crippen LogP contribution in [0.25, 0.3) is 0 Å². The van der Waals surface area contributed by atoms with Crippen LogP contribution in [0.15, 0.2) is 0 Å². The van der Waals surface area contributed by atoms with Crippen molar-refractivity contribution in [2.24, 2.45) is 22.7 Å². The van der Waals surface area contributed by atoms with Gasteiger partial charge in [-0.15, -0.1) is 0 Å². The van der Waals surface area contributed by atoms with E-state index >= 15 is 0 Å². The molecule has 25 heavy (non-hydrogen) atoms. The Balaban J connectivity index is 1.52. The average molecular weight is 347 g/mol. The van der Waals surface area contributed by atoms with E-state index in [9.17, 15) is 9.59 Å². The molecule has 4 fully saturated rings. The van der Waals surface area contributed by atoms with E-state index in [1.54, 1.807) is 0 Å². The minimum absolute atomic E-state index is 0.330. The van der Waals surface area contributed by atoms with Gasteiger partial charge in [0, 0.05) is 6.61 Å². The van der Waals surface area contributed by atoms with Crippen molar-refractivity contribution >= 4 is 11.6 Å². The molecule has 0 aromatic heterocycles. The molecule has 0 bridgehead atoms. The Morgan fingerprint density at radius 2 is 1.48 bits per heavy atom. The Morgan fingerprint density at radius 3 is 2.12 bits per heavy atom. The smallest absolute Gasteiger partial charge is 0.160 e. The number of carbonyl (C=O) groups is 2. The number of ether oxygens (including phenoxy) is 1. The highest BCUT2D eigenvalue weighted by Crippen LogP contribution is 2.64. The molecule has 4 rings (SSSR count). The van der Waals surface area contributed by atoms with Crippen LogP contribution in [-0.2, 0) is 14.3 Å². The number of Topliss-reactive ketones (excluding diaryl/α,β-unsaturated/α-hetero) is 2. The van der Waals surface area contributed by atoms with Crippen LogP contribution in [0, 0.1) is 22.7 Å². The van der Waals surface area contributed by atoms with E-state index in [-0.39, 0.29) is 0 Å². The van der Waals surface area contributed by atoms with Crippen molar-refractivity contribution in [3.63, 3.8) is 0 Å². The van der Waals surface area contributed by atoms with E-state index in [0.717, 1.165) is 77.2 Å². The molecule has 3 heteroatoms. The Morgan fingerprint density at radius 1 is 0.840 bits per heavy atom. The molecule has 0 radical (unpaired) electrons. The molecule has 0 aromatic carbocycles. The Kier molecular flexibility index (Phi) is 4.81. The number of hydrogen-bond donors (Lipinski definition) is 0. The fourth-order valence-corrected chi connectivity index (χ4v) is 6.90. The molecule has 3 nitrogen and oxygen atoms in total. The summed E-state index contributed by atoms with van der Waals surface area (Å²) in [5.74, 6) is 1.64. The van der Waals surface area contributed by atoms with Gasteiger partial charge in [0.05, 0.1) is 16.9 Å². The lowest BCUT2D eigenvalue weighted by Gasteiger charge is -2.60. The van der Waals surface area contributed by atoms with Gasteiger partial charge >= 0.3 is 0 Å². The zero-order valence-corrected chi connectivity index (χ0v) is 15.9. The second-order valence-electron chi connectivity index (χ2n) is 9.12.